The van der Waals surface area contributed by atoms with E-state index in [1.54, 1.807) is 0 Å². The zero-order valence-electron chi connectivity index (χ0n) is 11.8. The second kappa shape index (κ2) is 5.99. The fourth-order valence-electron chi connectivity index (χ4n) is 3.38. The fraction of sp³-hybridized carbons (Fsp3) is 0.625. The standard InChI is InChI=1S/C16H21BrO2S/c1-11-2-3-13(17)8-14(11)15(18)12-4-6-19-16(9-12)5-7-20-10-16/h2-3,8,12,15,18H,4-7,9-10H2,1H3. The number of benzene rings is 1. The molecule has 1 N–H and O–H groups in total. The highest BCUT2D eigenvalue weighted by atomic mass is 79.9. The van der Waals surface area contributed by atoms with Gasteiger partial charge in [0, 0.05) is 16.8 Å². The minimum Gasteiger partial charge on any atom is -0.388 e. The number of aliphatic hydroxyl groups excluding tert-OH is 1. The van der Waals surface area contributed by atoms with Crippen molar-refractivity contribution in [1.82, 2.24) is 0 Å². The maximum Gasteiger partial charge on any atom is 0.0823 e. The minimum absolute atomic E-state index is 0.0362. The van der Waals surface area contributed by atoms with Crippen molar-refractivity contribution in [2.75, 3.05) is 18.1 Å². The Kier molecular flexibility index (Phi) is 4.46. The van der Waals surface area contributed by atoms with Gasteiger partial charge in [-0.25, -0.2) is 0 Å². The van der Waals surface area contributed by atoms with Crippen molar-refractivity contribution in [1.29, 1.82) is 0 Å². The lowest BCUT2D eigenvalue weighted by Gasteiger charge is -2.39. The first-order chi connectivity index (χ1) is 9.60. The van der Waals surface area contributed by atoms with Crippen LogP contribution in [0, 0.1) is 12.8 Å². The molecular weight excluding hydrogens is 336 g/mol. The lowest BCUT2D eigenvalue weighted by molar-refractivity contribution is -0.102. The summed E-state index contributed by atoms with van der Waals surface area (Å²) in [7, 11) is 0. The van der Waals surface area contributed by atoms with Gasteiger partial charge in [0.25, 0.3) is 0 Å². The SMILES string of the molecule is Cc1ccc(Br)cc1C(O)C1CCOC2(CCSC2)C1. The first kappa shape index (κ1) is 14.9. The van der Waals surface area contributed by atoms with E-state index < -0.39 is 0 Å². The number of hydrogen-bond acceptors (Lipinski definition) is 3. The molecule has 1 aromatic carbocycles. The van der Waals surface area contributed by atoms with E-state index >= 15 is 0 Å². The Morgan fingerprint density at radius 1 is 1.50 bits per heavy atom. The zero-order valence-corrected chi connectivity index (χ0v) is 14.2. The van der Waals surface area contributed by atoms with Crippen LogP contribution in [0.2, 0.25) is 0 Å². The smallest absolute Gasteiger partial charge is 0.0823 e. The van der Waals surface area contributed by atoms with Crippen LogP contribution in [-0.2, 0) is 4.74 Å². The van der Waals surface area contributed by atoms with Gasteiger partial charge in [0.2, 0.25) is 0 Å². The number of ether oxygens (including phenoxy) is 1. The van der Waals surface area contributed by atoms with E-state index in [2.05, 4.69) is 35.0 Å². The predicted octanol–water partition coefficient (Wildman–Crippen LogP) is 4.09. The van der Waals surface area contributed by atoms with E-state index in [1.165, 1.54) is 11.3 Å². The van der Waals surface area contributed by atoms with E-state index in [4.69, 9.17) is 4.74 Å². The van der Waals surface area contributed by atoms with Crippen molar-refractivity contribution >= 4 is 27.7 Å². The Morgan fingerprint density at radius 2 is 2.35 bits per heavy atom. The van der Waals surface area contributed by atoms with Crippen molar-refractivity contribution in [3.8, 4) is 0 Å². The molecule has 2 fully saturated rings. The molecule has 0 amide bonds. The quantitative estimate of drug-likeness (QED) is 0.864. The summed E-state index contributed by atoms with van der Waals surface area (Å²) in [6, 6.07) is 6.17. The van der Waals surface area contributed by atoms with Crippen LogP contribution in [-0.4, -0.2) is 28.8 Å². The number of hydrogen-bond donors (Lipinski definition) is 1. The molecule has 2 nitrogen and oxygen atoms in total. The fourth-order valence-corrected chi connectivity index (χ4v) is 5.14. The van der Waals surface area contributed by atoms with Gasteiger partial charge in [0.15, 0.2) is 0 Å². The molecule has 1 aromatic rings. The van der Waals surface area contributed by atoms with Crippen molar-refractivity contribution < 1.29 is 9.84 Å². The molecule has 4 heteroatoms. The molecule has 0 saturated carbocycles. The third-order valence-electron chi connectivity index (χ3n) is 4.60. The summed E-state index contributed by atoms with van der Waals surface area (Å²) >= 11 is 5.49. The minimum atomic E-state index is -0.376. The highest BCUT2D eigenvalue weighted by Gasteiger charge is 2.42. The highest BCUT2D eigenvalue weighted by molar-refractivity contribution is 9.10. The molecule has 3 atom stereocenters. The van der Waals surface area contributed by atoms with E-state index in [0.717, 1.165) is 41.7 Å². The second-order valence-corrected chi connectivity index (χ2v) is 8.05. The molecule has 0 aliphatic carbocycles. The number of aliphatic hydroxyl groups is 1. The van der Waals surface area contributed by atoms with E-state index in [0.29, 0.717) is 5.92 Å². The van der Waals surface area contributed by atoms with Gasteiger partial charge in [-0.3, -0.25) is 0 Å². The summed E-state index contributed by atoms with van der Waals surface area (Å²) in [6.07, 6.45) is 2.71. The van der Waals surface area contributed by atoms with Crippen LogP contribution in [0.25, 0.3) is 0 Å². The molecule has 0 radical (unpaired) electrons. The Morgan fingerprint density at radius 3 is 3.10 bits per heavy atom. The Hall–Kier alpha value is -0.0300. The Bertz CT molecular complexity index is 485. The normalized spacial score (nSPS) is 31.6. The summed E-state index contributed by atoms with van der Waals surface area (Å²) in [5.74, 6) is 2.60. The van der Waals surface area contributed by atoms with Gasteiger partial charge in [-0.05, 0) is 61.1 Å². The van der Waals surface area contributed by atoms with Crippen LogP contribution < -0.4 is 0 Å². The van der Waals surface area contributed by atoms with Crippen LogP contribution in [0.1, 0.15) is 36.5 Å². The molecule has 3 unspecified atom stereocenters. The maximum atomic E-state index is 10.8. The predicted molar refractivity (Wildman–Crippen MR) is 87.2 cm³/mol. The molecule has 2 aliphatic heterocycles. The third-order valence-corrected chi connectivity index (χ3v) is 6.32. The molecular formula is C16H21BrO2S. The monoisotopic (exact) mass is 356 g/mol. The highest BCUT2D eigenvalue weighted by Crippen LogP contribution is 2.44. The largest absolute Gasteiger partial charge is 0.388 e. The second-order valence-electron chi connectivity index (χ2n) is 6.03. The maximum absolute atomic E-state index is 10.8. The van der Waals surface area contributed by atoms with Crippen molar-refractivity contribution in [3.63, 3.8) is 0 Å². The van der Waals surface area contributed by atoms with Crippen LogP contribution in [0.3, 0.4) is 0 Å². The van der Waals surface area contributed by atoms with Crippen LogP contribution >= 0.6 is 27.7 Å². The van der Waals surface area contributed by atoms with Crippen molar-refractivity contribution in [2.24, 2.45) is 5.92 Å². The average molecular weight is 357 g/mol. The van der Waals surface area contributed by atoms with E-state index in [9.17, 15) is 5.11 Å². The molecule has 1 spiro atoms. The number of thioether (sulfide) groups is 1. The summed E-state index contributed by atoms with van der Waals surface area (Å²) in [5.41, 5.74) is 2.27. The van der Waals surface area contributed by atoms with Crippen LogP contribution in [0.15, 0.2) is 22.7 Å². The molecule has 2 heterocycles. The zero-order chi connectivity index (χ0) is 14.2. The number of rotatable bonds is 2. The van der Waals surface area contributed by atoms with Gasteiger partial charge < -0.3 is 9.84 Å². The summed E-state index contributed by atoms with van der Waals surface area (Å²) in [5, 5.41) is 10.8. The number of aryl methyl sites for hydroxylation is 1. The van der Waals surface area contributed by atoms with Gasteiger partial charge >= 0.3 is 0 Å². The number of halogens is 1. The molecule has 110 valence electrons. The average Bonchev–Trinajstić information content (AvgIpc) is 2.88. The van der Waals surface area contributed by atoms with Crippen molar-refractivity contribution in [3.05, 3.63) is 33.8 Å². The Balaban J connectivity index is 1.79. The van der Waals surface area contributed by atoms with Crippen molar-refractivity contribution in [2.45, 2.75) is 37.9 Å². The van der Waals surface area contributed by atoms with Crippen LogP contribution in [0.4, 0.5) is 0 Å². The van der Waals surface area contributed by atoms with Crippen LogP contribution in [0.5, 0.6) is 0 Å². The van der Waals surface area contributed by atoms with Gasteiger partial charge in [-0.1, -0.05) is 22.0 Å². The first-order valence-corrected chi connectivity index (χ1v) is 9.20. The molecule has 3 rings (SSSR count). The molecule has 2 saturated heterocycles. The van der Waals surface area contributed by atoms with Gasteiger partial charge in [-0.15, -0.1) is 0 Å². The van der Waals surface area contributed by atoms with Gasteiger partial charge in [-0.2, -0.15) is 11.8 Å². The van der Waals surface area contributed by atoms with E-state index in [1.807, 2.05) is 17.8 Å². The van der Waals surface area contributed by atoms with E-state index in [-0.39, 0.29) is 11.7 Å². The first-order valence-electron chi connectivity index (χ1n) is 7.25. The summed E-state index contributed by atoms with van der Waals surface area (Å²) in [4.78, 5) is 0. The van der Waals surface area contributed by atoms with Gasteiger partial charge in [0.05, 0.1) is 11.7 Å². The molecule has 20 heavy (non-hydrogen) atoms. The van der Waals surface area contributed by atoms with Gasteiger partial charge in [0.1, 0.15) is 0 Å². The topological polar surface area (TPSA) is 29.5 Å². The lowest BCUT2D eigenvalue weighted by atomic mass is 9.79. The third kappa shape index (κ3) is 2.94. The summed E-state index contributed by atoms with van der Waals surface area (Å²) < 4.78 is 7.09. The molecule has 2 aliphatic rings. The summed E-state index contributed by atoms with van der Waals surface area (Å²) in [6.45, 7) is 2.86. The molecule has 0 aromatic heterocycles. The lowest BCUT2D eigenvalue weighted by Crippen LogP contribution is -2.41. The molecule has 0 bridgehead atoms. The Labute approximate surface area is 133 Å².